The highest BCUT2D eigenvalue weighted by Gasteiger charge is 2.23. The maximum absolute atomic E-state index is 12.8. The summed E-state index contributed by atoms with van der Waals surface area (Å²) in [5.74, 6) is 0.761. The maximum atomic E-state index is 12.8. The van der Waals surface area contributed by atoms with Gasteiger partial charge in [0.25, 0.3) is 5.91 Å². The number of benzene rings is 1. The number of likely N-dealkylation sites (N-methyl/N-ethyl adjacent to an activating group) is 1. The second-order valence-electron chi connectivity index (χ2n) is 7.75. The number of hydrogen-bond donors (Lipinski definition) is 0. The van der Waals surface area contributed by atoms with Gasteiger partial charge in [-0.2, -0.15) is 0 Å². The molecule has 7 nitrogen and oxygen atoms in total. The SMILES string of the molecule is CCN1CCN(c2ncc(C(=O)N3CCN(Cc4ccccc4)CC3)cn2)CC1. The Bertz CT molecular complexity index is 781. The fourth-order valence-electron chi connectivity index (χ4n) is 3.99. The Hall–Kier alpha value is -2.51. The number of carbonyl (C=O) groups is 1. The van der Waals surface area contributed by atoms with E-state index in [9.17, 15) is 4.79 Å². The Kier molecular flexibility index (Phi) is 6.36. The molecule has 2 saturated heterocycles. The average molecular weight is 395 g/mol. The smallest absolute Gasteiger partial charge is 0.257 e. The number of anilines is 1. The van der Waals surface area contributed by atoms with Crippen LogP contribution in [0.5, 0.6) is 0 Å². The van der Waals surface area contributed by atoms with E-state index in [0.717, 1.165) is 71.4 Å². The number of aromatic nitrogens is 2. The van der Waals surface area contributed by atoms with Gasteiger partial charge in [0.15, 0.2) is 0 Å². The molecule has 4 rings (SSSR count). The van der Waals surface area contributed by atoms with Crippen molar-refractivity contribution in [3.05, 3.63) is 53.9 Å². The molecule has 0 aliphatic carbocycles. The first-order valence-corrected chi connectivity index (χ1v) is 10.6. The van der Waals surface area contributed by atoms with Gasteiger partial charge in [0.1, 0.15) is 0 Å². The fraction of sp³-hybridized carbons (Fsp3) is 0.500. The number of nitrogens with zero attached hydrogens (tertiary/aromatic N) is 6. The second-order valence-corrected chi connectivity index (χ2v) is 7.75. The van der Waals surface area contributed by atoms with Crippen LogP contribution in [0.1, 0.15) is 22.8 Å². The van der Waals surface area contributed by atoms with Crippen LogP contribution >= 0.6 is 0 Å². The number of carbonyl (C=O) groups excluding carboxylic acids is 1. The predicted octanol–water partition coefficient (Wildman–Crippen LogP) is 1.58. The molecule has 0 atom stereocenters. The van der Waals surface area contributed by atoms with Crippen molar-refractivity contribution in [3.63, 3.8) is 0 Å². The normalized spacial score (nSPS) is 18.8. The summed E-state index contributed by atoms with van der Waals surface area (Å²) in [6, 6.07) is 10.5. The zero-order valence-electron chi connectivity index (χ0n) is 17.2. The van der Waals surface area contributed by atoms with E-state index in [2.05, 4.69) is 55.9 Å². The molecule has 0 spiro atoms. The summed E-state index contributed by atoms with van der Waals surface area (Å²) in [7, 11) is 0. The van der Waals surface area contributed by atoms with Crippen LogP contribution in [0.2, 0.25) is 0 Å². The molecule has 0 unspecified atom stereocenters. The largest absolute Gasteiger partial charge is 0.338 e. The van der Waals surface area contributed by atoms with Gasteiger partial charge in [0.05, 0.1) is 5.56 Å². The Balaban J connectivity index is 1.29. The fourth-order valence-corrected chi connectivity index (χ4v) is 3.99. The summed E-state index contributed by atoms with van der Waals surface area (Å²) in [6.45, 7) is 11.4. The lowest BCUT2D eigenvalue weighted by Crippen LogP contribution is -2.48. The first-order chi connectivity index (χ1) is 14.2. The van der Waals surface area contributed by atoms with Crippen molar-refractivity contribution in [1.82, 2.24) is 24.7 Å². The molecular weight excluding hydrogens is 364 g/mol. The molecule has 1 aromatic heterocycles. The van der Waals surface area contributed by atoms with Gasteiger partial charge in [-0.3, -0.25) is 9.69 Å². The Morgan fingerprint density at radius 1 is 0.862 bits per heavy atom. The molecule has 154 valence electrons. The molecule has 3 heterocycles. The lowest BCUT2D eigenvalue weighted by Gasteiger charge is -2.35. The molecule has 2 aliphatic rings. The van der Waals surface area contributed by atoms with Crippen molar-refractivity contribution < 1.29 is 4.79 Å². The van der Waals surface area contributed by atoms with Gasteiger partial charge in [-0.05, 0) is 12.1 Å². The second kappa shape index (κ2) is 9.33. The molecule has 0 bridgehead atoms. The molecule has 0 N–H and O–H groups in total. The highest BCUT2D eigenvalue weighted by molar-refractivity contribution is 5.93. The van der Waals surface area contributed by atoms with Gasteiger partial charge in [0, 0.05) is 71.3 Å². The minimum Gasteiger partial charge on any atom is -0.338 e. The van der Waals surface area contributed by atoms with E-state index in [1.165, 1.54) is 5.56 Å². The van der Waals surface area contributed by atoms with Crippen molar-refractivity contribution in [2.45, 2.75) is 13.5 Å². The molecule has 0 saturated carbocycles. The van der Waals surface area contributed by atoms with Crippen LogP contribution in [0.15, 0.2) is 42.7 Å². The van der Waals surface area contributed by atoms with E-state index in [-0.39, 0.29) is 5.91 Å². The van der Waals surface area contributed by atoms with Crippen LogP contribution in [0, 0.1) is 0 Å². The third-order valence-corrected chi connectivity index (χ3v) is 5.90. The van der Waals surface area contributed by atoms with E-state index in [1.807, 2.05) is 11.0 Å². The van der Waals surface area contributed by atoms with Crippen molar-refractivity contribution in [2.75, 3.05) is 63.8 Å². The summed E-state index contributed by atoms with van der Waals surface area (Å²) in [5.41, 5.74) is 1.90. The van der Waals surface area contributed by atoms with Gasteiger partial charge in [0.2, 0.25) is 5.95 Å². The van der Waals surface area contributed by atoms with E-state index in [1.54, 1.807) is 12.4 Å². The molecule has 2 aliphatic heterocycles. The van der Waals surface area contributed by atoms with Gasteiger partial charge in [-0.15, -0.1) is 0 Å². The Morgan fingerprint density at radius 2 is 1.48 bits per heavy atom. The van der Waals surface area contributed by atoms with Gasteiger partial charge in [-0.25, -0.2) is 9.97 Å². The summed E-state index contributed by atoms with van der Waals surface area (Å²) >= 11 is 0. The van der Waals surface area contributed by atoms with E-state index < -0.39 is 0 Å². The van der Waals surface area contributed by atoms with Crippen molar-refractivity contribution in [1.29, 1.82) is 0 Å². The predicted molar refractivity (Wildman–Crippen MR) is 114 cm³/mol. The standard InChI is InChI=1S/C22H30N6O/c1-2-25-8-14-28(15-9-25)22-23-16-20(17-24-22)21(29)27-12-10-26(11-13-27)18-19-6-4-3-5-7-19/h3-7,16-17H,2,8-15,18H2,1H3. The molecule has 2 fully saturated rings. The average Bonchev–Trinajstić information content (AvgIpc) is 2.80. The summed E-state index contributed by atoms with van der Waals surface area (Å²) < 4.78 is 0. The third kappa shape index (κ3) is 4.92. The van der Waals surface area contributed by atoms with Gasteiger partial charge < -0.3 is 14.7 Å². The number of piperazine rings is 2. The van der Waals surface area contributed by atoms with Crippen LogP contribution in [0.4, 0.5) is 5.95 Å². The first kappa shape index (κ1) is 19.8. The molecule has 0 radical (unpaired) electrons. The van der Waals surface area contributed by atoms with Crippen LogP contribution in [-0.2, 0) is 6.54 Å². The minimum atomic E-state index is 0.0340. The van der Waals surface area contributed by atoms with Gasteiger partial charge >= 0.3 is 0 Å². The number of amides is 1. The lowest BCUT2D eigenvalue weighted by atomic mass is 10.2. The monoisotopic (exact) mass is 394 g/mol. The van der Waals surface area contributed by atoms with Crippen LogP contribution < -0.4 is 4.90 Å². The Morgan fingerprint density at radius 3 is 2.10 bits per heavy atom. The zero-order valence-corrected chi connectivity index (χ0v) is 17.2. The van der Waals surface area contributed by atoms with Gasteiger partial charge in [-0.1, -0.05) is 37.3 Å². The molecule has 1 aromatic carbocycles. The first-order valence-electron chi connectivity index (χ1n) is 10.6. The summed E-state index contributed by atoms with van der Waals surface area (Å²) in [5, 5.41) is 0. The quantitative estimate of drug-likeness (QED) is 0.768. The number of rotatable bonds is 5. The molecule has 7 heteroatoms. The van der Waals surface area contributed by atoms with Crippen LogP contribution in [0.3, 0.4) is 0 Å². The van der Waals surface area contributed by atoms with Crippen molar-refractivity contribution >= 4 is 11.9 Å². The van der Waals surface area contributed by atoms with E-state index >= 15 is 0 Å². The van der Waals surface area contributed by atoms with Crippen LogP contribution in [0.25, 0.3) is 0 Å². The highest BCUT2D eigenvalue weighted by Crippen LogP contribution is 2.14. The zero-order chi connectivity index (χ0) is 20.1. The minimum absolute atomic E-state index is 0.0340. The third-order valence-electron chi connectivity index (χ3n) is 5.90. The molecule has 29 heavy (non-hydrogen) atoms. The molecule has 1 amide bonds. The van der Waals surface area contributed by atoms with Crippen LogP contribution in [-0.4, -0.2) is 89.5 Å². The molecule has 2 aromatic rings. The topological polar surface area (TPSA) is 55.8 Å². The van der Waals surface area contributed by atoms with Crippen molar-refractivity contribution in [2.24, 2.45) is 0 Å². The molecular formula is C22H30N6O. The van der Waals surface area contributed by atoms with E-state index in [0.29, 0.717) is 5.56 Å². The summed E-state index contributed by atoms with van der Waals surface area (Å²) in [6.07, 6.45) is 3.38. The maximum Gasteiger partial charge on any atom is 0.257 e. The van der Waals surface area contributed by atoms with E-state index in [4.69, 9.17) is 0 Å². The highest BCUT2D eigenvalue weighted by atomic mass is 16.2. The lowest BCUT2D eigenvalue weighted by molar-refractivity contribution is 0.0627. The number of hydrogen-bond acceptors (Lipinski definition) is 6. The Labute approximate surface area is 172 Å². The van der Waals surface area contributed by atoms with Crippen molar-refractivity contribution in [3.8, 4) is 0 Å². The summed E-state index contributed by atoms with van der Waals surface area (Å²) in [4.78, 5) is 30.7.